The van der Waals surface area contributed by atoms with Gasteiger partial charge in [0.25, 0.3) is 0 Å². The van der Waals surface area contributed by atoms with E-state index in [2.05, 4.69) is 27.8 Å². The van der Waals surface area contributed by atoms with Gasteiger partial charge >= 0.3 is 0 Å². The fourth-order valence-corrected chi connectivity index (χ4v) is 4.56. The van der Waals surface area contributed by atoms with Crippen LogP contribution < -0.4 is 10.6 Å². The second-order valence-corrected chi connectivity index (χ2v) is 7.74. The Kier molecular flexibility index (Phi) is 3.98. The molecule has 0 saturated heterocycles. The number of carbonyl (C=O) groups excluding carboxylic acids is 1. The predicted octanol–water partition coefficient (Wildman–Crippen LogP) is 4.27. The Bertz CT molecular complexity index is 1040. The quantitative estimate of drug-likeness (QED) is 0.703. The number of guanidine groups is 1. The number of aromatic nitrogens is 1. The average Bonchev–Trinajstić information content (AvgIpc) is 3.10. The summed E-state index contributed by atoms with van der Waals surface area (Å²) >= 11 is 1.59. The van der Waals surface area contributed by atoms with Crippen LogP contribution in [0, 0.1) is 5.92 Å². The third-order valence-corrected chi connectivity index (χ3v) is 5.90. The van der Waals surface area contributed by atoms with Gasteiger partial charge in [0.1, 0.15) is 5.78 Å². The summed E-state index contributed by atoms with van der Waals surface area (Å²) in [6.07, 6.45) is 3.47. The molecule has 0 fully saturated rings. The van der Waals surface area contributed by atoms with Crippen LogP contribution in [0.25, 0.3) is 10.2 Å². The summed E-state index contributed by atoms with van der Waals surface area (Å²) in [5.41, 5.74) is 2.96. The number of benzene rings is 2. The van der Waals surface area contributed by atoms with Gasteiger partial charge in [-0.2, -0.15) is 0 Å². The number of Topliss-reactive ketones (excluding diaryl/α,β-unsaturated/α-hetero) is 1. The Morgan fingerprint density at radius 2 is 1.89 bits per heavy atom. The summed E-state index contributed by atoms with van der Waals surface area (Å²) in [5.74, 6) is 0.652. The molecule has 0 amide bonds. The molecule has 0 radical (unpaired) electrons. The number of nitrogens with zero attached hydrogens (tertiary/aromatic N) is 2. The lowest BCUT2D eigenvalue weighted by Crippen LogP contribution is -2.43. The maximum Gasteiger partial charge on any atom is 0.202 e. The predicted molar refractivity (Wildman–Crippen MR) is 109 cm³/mol. The molecule has 2 atom stereocenters. The summed E-state index contributed by atoms with van der Waals surface area (Å²) in [4.78, 5) is 22.1. The Hall–Kier alpha value is -2.99. The van der Waals surface area contributed by atoms with Crippen molar-refractivity contribution in [3.05, 3.63) is 71.9 Å². The van der Waals surface area contributed by atoms with E-state index in [0.29, 0.717) is 12.4 Å². The fourth-order valence-electron chi connectivity index (χ4n) is 3.69. The number of ketones is 1. The highest BCUT2D eigenvalue weighted by Gasteiger charge is 2.38. The molecule has 2 N–H and O–H groups in total. The largest absolute Gasteiger partial charge is 0.329 e. The molecule has 134 valence electrons. The second-order valence-electron chi connectivity index (χ2n) is 6.71. The molecule has 3 aromatic rings. The summed E-state index contributed by atoms with van der Waals surface area (Å²) in [6.45, 7) is 0. The molecule has 27 heavy (non-hydrogen) atoms. The number of rotatable bonds is 2. The lowest BCUT2D eigenvalue weighted by molar-refractivity contribution is -0.122. The first-order valence-corrected chi connectivity index (χ1v) is 9.85. The van der Waals surface area contributed by atoms with Gasteiger partial charge in [-0.15, -0.1) is 0 Å². The van der Waals surface area contributed by atoms with Crippen LogP contribution in [-0.4, -0.2) is 16.7 Å². The van der Waals surface area contributed by atoms with E-state index < -0.39 is 0 Å². The minimum Gasteiger partial charge on any atom is -0.329 e. The molecule has 1 aliphatic heterocycles. The first-order valence-electron chi connectivity index (χ1n) is 9.03. The number of fused-ring (bicyclic) bond motifs is 2. The van der Waals surface area contributed by atoms with E-state index in [1.54, 1.807) is 11.3 Å². The van der Waals surface area contributed by atoms with Crippen molar-refractivity contribution >= 4 is 38.4 Å². The molecular formula is C21H18N4OS. The summed E-state index contributed by atoms with van der Waals surface area (Å²) in [6, 6.07) is 17.9. The number of aliphatic imine (C=N–C) groups is 1. The van der Waals surface area contributed by atoms with Gasteiger partial charge in [0.15, 0.2) is 5.13 Å². The SMILES string of the molecule is O=C1CCC=C2NC(Nc3nc4ccccc4s3)=N[C@H](c3ccccc3)[C@@H]12. The van der Waals surface area contributed by atoms with Crippen LogP contribution in [0.1, 0.15) is 24.4 Å². The van der Waals surface area contributed by atoms with E-state index in [0.717, 1.165) is 33.0 Å². The smallest absolute Gasteiger partial charge is 0.202 e. The number of anilines is 1. The Labute approximate surface area is 160 Å². The number of nitrogens with one attached hydrogen (secondary N) is 2. The first-order chi connectivity index (χ1) is 13.3. The van der Waals surface area contributed by atoms with Gasteiger partial charge in [0, 0.05) is 12.1 Å². The molecule has 2 aliphatic rings. The van der Waals surface area contributed by atoms with Crippen LogP contribution in [0.3, 0.4) is 0 Å². The van der Waals surface area contributed by atoms with E-state index in [-0.39, 0.29) is 17.7 Å². The van der Waals surface area contributed by atoms with E-state index in [9.17, 15) is 4.79 Å². The molecule has 5 rings (SSSR count). The van der Waals surface area contributed by atoms with Gasteiger partial charge in [-0.1, -0.05) is 59.9 Å². The molecular weight excluding hydrogens is 356 g/mol. The van der Waals surface area contributed by atoms with Gasteiger partial charge in [0.05, 0.1) is 22.2 Å². The molecule has 1 aromatic heterocycles. The van der Waals surface area contributed by atoms with Crippen molar-refractivity contribution in [2.24, 2.45) is 10.9 Å². The summed E-state index contributed by atoms with van der Waals surface area (Å²) in [5, 5.41) is 7.42. The van der Waals surface area contributed by atoms with Crippen molar-refractivity contribution in [3.63, 3.8) is 0 Å². The van der Waals surface area contributed by atoms with E-state index in [1.807, 2.05) is 48.5 Å². The average molecular weight is 374 g/mol. The maximum atomic E-state index is 12.6. The van der Waals surface area contributed by atoms with Crippen LogP contribution in [0.5, 0.6) is 0 Å². The van der Waals surface area contributed by atoms with Gasteiger partial charge in [-0.25, -0.2) is 9.98 Å². The number of allylic oxidation sites excluding steroid dienone is 1. The highest BCUT2D eigenvalue weighted by molar-refractivity contribution is 7.22. The molecule has 0 spiro atoms. The van der Waals surface area contributed by atoms with E-state index in [1.165, 1.54) is 0 Å². The van der Waals surface area contributed by atoms with E-state index >= 15 is 0 Å². The number of carbonyl (C=O) groups is 1. The van der Waals surface area contributed by atoms with Crippen molar-refractivity contribution in [1.29, 1.82) is 0 Å². The molecule has 2 heterocycles. The van der Waals surface area contributed by atoms with Crippen molar-refractivity contribution in [3.8, 4) is 0 Å². The maximum absolute atomic E-state index is 12.6. The molecule has 5 nitrogen and oxygen atoms in total. The number of hydrogen-bond donors (Lipinski definition) is 2. The molecule has 6 heteroatoms. The number of hydrogen-bond acceptors (Lipinski definition) is 6. The zero-order chi connectivity index (χ0) is 18.2. The standard InChI is InChI=1S/C21H18N4OS/c26-16-11-6-10-15-18(16)19(13-7-2-1-3-8-13)24-20(22-15)25-21-23-14-9-4-5-12-17(14)27-21/h1-5,7-10,12,18-19H,6,11H2,(H2,22,23,24,25)/t18-,19-/m1/s1. The number of thiazole rings is 1. The van der Waals surface area contributed by atoms with Crippen molar-refractivity contribution in [1.82, 2.24) is 10.3 Å². The van der Waals surface area contributed by atoms with Gasteiger partial charge < -0.3 is 10.6 Å². The van der Waals surface area contributed by atoms with Gasteiger partial charge in [0.2, 0.25) is 5.96 Å². The zero-order valence-corrected chi connectivity index (χ0v) is 15.4. The molecule has 2 aromatic carbocycles. The third kappa shape index (κ3) is 3.02. The highest BCUT2D eigenvalue weighted by atomic mass is 32.1. The Morgan fingerprint density at radius 1 is 1.07 bits per heavy atom. The lowest BCUT2D eigenvalue weighted by atomic mass is 9.81. The normalized spacial score (nSPS) is 21.9. The topological polar surface area (TPSA) is 66.4 Å². The minimum absolute atomic E-state index is 0.219. The van der Waals surface area contributed by atoms with Crippen LogP contribution >= 0.6 is 11.3 Å². The van der Waals surface area contributed by atoms with Crippen molar-refractivity contribution in [2.75, 3.05) is 5.32 Å². The van der Waals surface area contributed by atoms with Crippen molar-refractivity contribution in [2.45, 2.75) is 18.9 Å². The Balaban J connectivity index is 1.52. The van der Waals surface area contributed by atoms with Gasteiger partial charge in [-0.3, -0.25) is 4.79 Å². The van der Waals surface area contributed by atoms with Crippen LogP contribution in [0.2, 0.25) is 0 Å². The van der Waals surface area contributed by atoms with Gasteiger partial charge in [-0.05, 0) is 24.1 Å². The first kappa shape index (κ1) is 16.2. The lowest BCUT2D eigenvalue weighted by Gasteiger charge is -2.34. The molecule has 0 bridgehead atoms. The third-order valence-electron chi connectivity index (χ3n) is 4.94. The monoisotopic (exact) mass is 374 g/mol. The number of para-hydroxylation sites is 1. The second kappa shape index (κ2) is 6.63. The highest BCUT2D eigenvalue weighted by Crippen LogP contribution is 2.37. The molecule has 0 unspecified atom stereocenters. The van der Waals surface area contributed by atoms with Crippen LogP contribution in [0.15, 0.2) is 71.4 Å². The van der Waals surface area contributed by atoms with Crippen molar-refractivity contribution < 1.29 is 4.79 Å². The fraction of sp³-hybridized carbons (Fsp3) is 0.190. The molecule has 1 aliphatic carbocycles. The summed E-state index contributed by atoms with van der Waals surface area (Å²) in [7, 11) is 0. The van der Waals surface area contributed by atoms with Crippen LogP contribution in [-0.2, 0) is 4.79 Å². The zero-order valence-electron chi connectivity index (χ0n) is 14.6. The van der Waals surface area contributed by atoms with Crippen LogP contribution in [0.4, 0.5) is 5.13 Å². The minimum atomic E-state index is -0.234. The molecule has 0 saturated carbocycles. The van der Waals surface area contributed by atoms with E-state index in [4.69, 9.17) is 4.99 Å². The Morgan fingerprint density at radius 3 is 2.74 bits per heavy atom. The summed E-state index contributed by atoms with van der Waals surface area (Å²) < 4.78 is 1.13.